The van der Waals surface area contributed by atoms with Gasteiger partial charge in [-0.05, 0) is 63.2 Å². The molecule has 0 radical (unpaired) electrons. The molecular formula is C25H26ClNO2. The van der Waals surface area contributed by atoms with E-state index < -0.39 is 12.2 Å². The fraction of sp³-hybridized carbons (Fsp3) is 0.280. The topological polar surface area (TPSA) is 52.5 Å². The molecule has 0 bridgehead atoms. The van der Waals surface area contributed by atoms with Crippen molar-refractivity contribution in [1.29, 1.82) is 0 Å². The molecule has 0 amide bonds. The molecule has 29 heavy (non-hydrogen) atoms. The van der Waals surface area contributed by atoms with Crippen LogP contribution in [0, 0.1) is 0 Å². The maximum absolute atomic E-state index is 10.3. The largest absolute Gasteiger partial charge is 0.391 e. The molecule has 150 valence electrons. The first-order chi connectivity index (χ1) is 13.7. The number of fused-ring (bicyclic) bond motifs is 5. The number of aliphatic hydroxyl groups excluding tert-OH is 2. The van der Waals surface area contributed by atoms with Gasteiger partial charge in [-0.1, -0.05) is 60.7 Å². The van der Waals surface area contributed by atoms with Crippen molar-refractivity contribution in [2.75, 3.05) is 0 Å². The number of hydrogen-bond donors (Lipinski definition) is 3. The van der Waals surface area contributed by atoms with Crippen LogP contribution in [0.25, 0.3) is 32.3 Å². The summed E-state index contributed by atoms with van der Waals surface area (Å²) in [5.74, 6) is 0. The summed E-state index contributed by atoms with van der Waals surface area (Å²) < 4.78 is 0. The average Bonchev–Trinajstić information content (AvgIpc) is 2.73. The number of benzene rings is 4. The highest BCUT2D eigenvalue weighted by Gasteiger charge is 2.30. The molecule has 0 spiro atoms. The zero-order chi connectivity index (χ0) is 19.1. The Kier molecular flexibility index (Phi) is 5.75. The van der Waals surface area contributed by atoms with E-state index in [1.54, 1.807) is 0 Å². The fourth-order valence-corrected chi connectivity index (χ4v) is 4.73. The molecular weight excluding hydrogens is 382 g/mol. The summed E-state index contributed by atoms with van der Waals surface area (Å²) in [7, 11) is 0. The summed E-state index contributed by atoms with van der Waals surface area (Å²) in [5.41, 5.74) is 1.20. The first-order valence-corrected chi connectivity index (χ1v) is 10.1. The molecule has 1 aliphatic carbocycles. The average molecular weight is 408 g/mol. The highest BCUT2D eigenvalue weighted by atomic mass is 35.5. The molecule has 3 N–H and O–H groups in total. The maximum atomic E-state index is 10.3. The van der Waals surface area contributed by atoms with Crippen LogP contribution in [0.2, 0.25) is 0 Å². The molecule has 1 aliphatic rings. The standard InChI is InChI=1S/C25H25NO2.ClH/c27-23-10-5-11-24(28)25(23)26-15-17-14-22-18-7-2-1-6-16(18)12-13-21(22)20-9-4-3-8-19(17)20;/h1-4,6-9,12-14,23-28H,5,10-11,15H2;1H/t23-,24+,25?;. The van der Waals surface area contributed by atoms with E-state index in [2.05, 4.69) is 72.0 Å². The van der Waals surface area contributed by atoms with Gasteiger partial charge in [-0.25, -0.2) is 0 Å². The normalized spacial score (nSPS) is 22.1. The Balaban J connectivity index is 0.00000205. The lowest BCUT2D eigenvalue weighted by molar-refractivity contribution is 0.000917. The van der Waals surface area contributed by atoms with E-state index in [4.69, 9.17) is 0 Å². The molecule has 3 atom stereocenters. The van der Waals surface area contributed by atoms with E-state index in [1.165, 1.54) is 37.9 Å². The summed E-state index contributed by atoms with van der Waals surface area (Å²) in [6.07, 6.45) is 1.40. The van der Waals surface area contributed by atoms with E-state index in [9.17, 15) is 10.2 Å². The van der Waals surface area contributed by atoms with Crippen LogP contribution in [0.4, 0.5) is 0 Å². The highest BCUT2D eigenvalue weighted by Crippen LogP contribution is 2.33. The van der Waals surface area contributed by atoms with Crippen LogP contribution in [-0.2, 0) is 6.54 Å². The third-order valence-corrected chi connectivity index (χ3v) is 6.21. The Hall–Kier alpha value is -2.17. The van der Waals surface area contributed by atoms with Crippen molar-refractivity contribution >= 4 is 44.7 Å². The van der Waals surface area contributed by atoms with Gasteiger partial charge < -0.3 is 15.5 Å². The van der Waals surface area contributed by atoms with Crippen LogP contribution in [0.5, 0.6) is 0 Å². The van der Waals surface area contributed by atoms with Gasteiger partial charge in [0.1, 0.15) is 0 Å². The summed E-state index contributed by atoms with van der Waals surface area (Å²) in [4.78, 5) is 0. The second-order valence-corrected chi connectivity index (χ2v) is 7.94. The van der Waals surface area contributed by atoms with E-state index in [1.807, 2.05) is 0 Å². The van der Waals surface area contributed by atoms with Crippen molar-refractivity contribution in [2.45, 2.75) is 44.1 Å². The van der Waals surface area contributed by atoms with Gasteiger partial charge in [0, 0.05) is 6.54 Å². The van der Waals surface area contributed by atoms with Crippen LogP contribution < -0.4 is 5.32 Å². The number of rotatable bonds is 3. The van der Waals surface area contributed by atoms with Crippen LogP contribution >= 0.6 is 12.4 Å². The van der Waals surface area contributed by atoms with Gasteiger partial charge >= 0.3 is 0 Å². The van der Waals surface area contributed by atoms with Crippen LogP contribution in [-0.4, -0.2) is 28.5 Å². The number of aliphatic hydroxyl groups is 2. The molecule has 1 fully saturated rings. The molecule has 0 saturated heterocycles. The van der Waals surface area contributed by atoms with Gasteiger partial charge in [-0.2, -0.15) is 0 Å². The number of hydrogen-bond acceptors (Lipinski definition) is 3. The van der Waals surface area contributed by atoms with E-state index >= 15 is 0 Å². The van der Waals surface area contributed by atoms with Gasteiger partial charge in [0.05, 0.1) is 18.2 Å². The molecule has 4 aromatic rings. The molecule has 0 aliphatic heterocycles. The third kappa shape index (κ3) is 3.60. The van der Waals surface area contributed by atoms with E-state index in [0.29, 0.717) is 6.54 Å². The van der Waals surface area contributed by atoms with E-state index in [-0.39, 0.29) is 18.4 Å². The molecule has 1 saturated carbocycles. The summed E-state index contributed by atoms with van der Waals surface area (Å²) >= 11 is 0. The molecule has 4 heteroatoms. The highest BCUT2D eigenvalue weighted by molar-refractivity contribution is 6.18. The Labute approximate surface area is 176 Å². The molecule has 5 rings (SSSR count). The fourth-order valence-electron chi connectivity index (χ4n) is 4.73. The molecule has 1 unspecified atom stereocenters. The van der Waals surface area contributed by atoms with Crippen molar-refractivity contribution in [3.8, 4) is 0 Å². The van der Waals surface area contributed by atoms with Crippen molar-refractivity contribution in [1.82, 2.24) is 5.32 Å². The van der Waals surface area contributed by atoms with Crippen LogP contribution in [0.3, 0.4) is 0 Å². The monoisotopic (exact) mass is 407 g/mol. The lowest BCUT2D eigenvalue weighted by Gasteiger charge is -2.33. The molecule has 4 aromatic carbocycles. The Morgan fingerprint density at radius 1 is 0.724 bits per heavy atom. The third-order valence-electron chi connectivity index (χ3n) is 6.21. The van der Waals surface area contributed by atoms with Gasteiger partial charge in [0.25, 0.3) is 0 Å². The first kappa shape index (κ1) is 20.1. The summed E-state index contributed by atoms with van der Waals surface area (Å²) in [5, 5.41) is 31.5. The Morgan fingerprint density at radius 2 is 1.34 bits per heavy atom. The zero-order valence-corrected chi connectivity index (χ0v) is 17.0. The van der Waals surface area contributed by atoms with Gasteiger partial charge in [0.2, 0.25) is 0 Å². The summed E-state index contributed by atoms with van der Waals surface area (Å²) in [6.45, 7) is 0.623. The van der Waals surface area contributed by atoms with Crippen molar-refractivity contribution in [2.24, 2.45) is 0 Å². The van der Waals surface area contributed by atoms with E-state index in [0.717, 1.165) is 19.3 Å². The predicted molar refractivity (Wildman–Crippen MR) is 123 cm³/mol. The Bertz CT molecular complexity index is 1150. The summed E-state index contributed by atoms with van der Waals surface area (Å²) in [6, 6.07) is 23.4. The van der Waals surface area contributed by atoms with Crippen molar-refractivity contribution < 1.29 is 10.2 Å². The SMILES string of the molecule is Cl.O[C@@H]1CCC[C@H](O)C1NCc1cc2c3ccccc3ccc2c2ccccc12. The van der Waals surface area contributed by atoms with Gasteiger partial charge in [0.15, 0.2) is 0 Å². The smallest absolute Gasteiger partial charge is 0.0718 e. The van der Waals surface area contributed by atoms with Crippen molar-refractivity contribution in [3.05, 3.63) is 72.3 Å². The van der Waals surface area contributed by atoms with Crippen LogP contribution in [0.1, 0.15) is 24.8 Å². The van der Waals surface area contributed by atoms with Crippen LogP contribution in [0.15, 0.2) is 66.7 Å². The minimum absolute atomic E-state index is 0. The Morgan fingerprint density at radius 3 is 2.10 bits per heavy atom. The van der Waals surface area contributed by atoms with Gasteiger partial charge in [-0.15, -0.1) is 12.4 Å². The predicted octanol–water partition coefficient (Wildman–Crippen LogP) is 4.93. The molecule has 3 nitrogen and oxygen atoms in total. The molecule has 0 heterocycles. The minimum Gasteiger partial charge on any atom is -0.391 e. The lowest BCUT2D eigenvalue weighted by Crippen LogP contribution is -2.50. The second kappa shape index (κ2) is 8.29. The van der Waals surface area contributed by atoms with Gasteiger partial charge in [-0.3, -0.25) is 0 Å². The molecule has 0 aromatic heterocycles. The second-order valence-electron chi connectivity index (χ2n) is 7.94. The quantitative estimate of drug-likeness (QED) is 0.422. The van der Waals surface area contributed by atoms with Crippen molar-refractivity contribution in [3.63, 3.8) is 0 Å². The maximum Gasteiger partial charge on any atom is 0.0718 e. The zero-order valence-electron chi connectivity index (χ0n) is 16.2. The minimum atomic E-state index is -0.490. The lowest BCUT2D eigenvalue weighted by atomic mass is 9.89. The first-order valence-electron chi connectivity index (χ1n) is 10.1. The number of halogens is 1. The number of nitrogens with one attached hydrogen (secondary N) is 1.